The van der Waals surface area contributed by atoms with Crippen LogP contribution in [0.2, 0.25) is 0 Å². The first-order chi connectivity index (χ1) is 23.1. The van der Waals surface area contributed by atoms with Crippen LogP contribution in [0.4, 0.5) is 0 Å². The maximum Gasteiger partial charge on any atom is 0.0619 e. The van der Waals surface area contributed by atoms with E-state index in [1.165, 1.54) is 39.5 Å². The molecule has 0 aliphatic rings. The van der Waals surface area contributed by atoms with E-state index < -0.39 is 0 Å². The van der Waals surface area contributed by atoms with E-state index in [-0.39, 0.29) is 0 Å². The van der Waals surface area contributed by atoms with Crippen molar-refractivity contribution in [1.82, 2.24) is 4.57 Å². The summed E-state index contributed by atoms with van der Waals surface area (Å²) in [4.78, 5) is 0. The van der Waals surface area contributed by atoms with Crippen LogP contribution in [-0.2, 0) is 0 Å². The van der Waals surface area contributed by atoms with Crippen molar-refractivity contribution in [2.45, 2.75) is 0 Å². The molecule has 7 aromatic rings. The number of nitrogens with zero attached hydrogens (tertiary/aromatic N) is 1. The van der Waals surface area contributed by atoms with E-state index in [0.29, 0.717) is 0 Å². The van der Waals surface area contributed by atoms with Gasteiger partial charge in [-0.3, -0.25) is 0 Å². The highest BCUT2D eigenvalue weighted by Gasteiger charge is 2.16. The molecule has 47 heavy (non-hydrogen) atoms. The van der Waals surface area contributed by atoms with Crippen molar-refractivity contribution < 1.29 is 0 Å². The number of rotatable bonds is 9. The Morgan fingerprint density at radius 2 is 1.23 bits per heavy atom. The smallest absolute Gasteiger partial charge is 0.0619 e. The van der Waals surface area contributed by atoms with E-state index in [2.05, 4.69) is 145 Å². The van der Waals surface area contributed by atoms with Crippen molar-refractivity contribution in [1.29, 1.82) is 10.8 Å². The molecular weight excluding hydrogens is 571 g/mol. The number of benzene rings is 6. The summed E-state index contributed by atoms with van der Waals surface area (Å²) in [6.07, 6.45) is 9.73. The van der Waals surface area contributed by atoms with Crippen LogP contribution in [0, 0.1) is 10.8 Å². The fraction of sp³-hybridized carbons (Fsp3) is 0. The number of aromatic nitrogens is 1. The lowest BCUT2D eigenvalue weighted by Crippen LogP contribution is -1.94. The molecule has 224 valence electrons. The normalized spacial score (nSPS) is 11.8. The summed E-state index contributed by atoms with van der Waals surface area (Å²) in [5.41, 5.74) is 11.8. The van der Waals surface area contributed by atoms with Gasteiger partial charge in [-0.05, 0) is 80.3 Å². The summed E-state index contributed by atoms with van der Waals surface area (Å²) >= 11 is 0. The van der Waals surface area contributed by atoms with Crippen molar-refractivity contribution >= 4 is 56.2 Å². The Labute approximate surface area is 274 Å². The summed E-state index contributed by atoms with van der Waals surface area (Å²) < 4.78 is 2.40. The van der Waals surface area contributed by atoms with Crippen LogP contribution in [0.1, 0.15) is 11.1 Å². The lowest BCUT2D eigenvalue weighted by Gasteiger charge is -2.12. The minimum absolute atomic E-state index is 0.833. The summed E-state index contributed by atoms with van der Waals surface area (Å²) in [5.74, 6) is 0. The van der Waals surface area contributed by atoms with Gasteiger partial charge in [0.25, 0.3) is 0 Å². The van der Waals surface area contributed by atoms with Crippen molar-refractivity contribution in [2.75, 3.05) is 0 Å². The van der Waals surface area contributed by atoms with Gasteiger partial charge >= 0.3 is 0 Å². The van der Waals surface area contributed by atoms with Crippen LogP contribution in [-0.4, -0.2) is 17.0 Å². The van der Waals surface area contributed by atoms with E-state index in [0.717, 1.165) is 55.7 Å². The van der Waals surface area contributed by atoms with Crippen LogP contribution < -0.4 is 0 Å². The topological polar surface area (TPSA) is 52.6 Å². The summed E-state index contributed by atoms with van der Waals surface area (Å²) in [5, 5.41) is 19.8. The number of allylic oxidation sites excluding steroid dienone is 6. The third kappa shape index (κ3) is 5.45. The Hall–Kier alpha value is -6.32. The zero-order chi connectivity index (χ0) is 32.3. The van der Waals surface area contributed by atoms with Crippen molar-refractivity contribution in [2.24, 2.45) is 0 Å². The molecule has 0 spiro atoms. The maximum atomic E-state index is 7.74. The second kappa shape index (κ2) is 12.6. The molecule has 0 saturated heterocycles. The predicted octanol–water partition coefficient (Wildman–Crippen LogP) is 11.7. The van der Waals surface area contributed by atoms with Gasteiger partial charge in [-0.1, -0.05) is 135 Å². The monoisotopic (exact) mass is 603 g/mol. The van der Waals surface area contributed by atoms with E-state index in [1.807, 2.05) is 12.2 Å². The highest BCUT2D eigenvalue weighted by molar-refractivity contribution is 6.19. The minimum Gasteiger partial charge on any atom is -0.309 e. The molecule has 0 radical (unpaired) electrons. The average Bonchev–Trinajstić information content (AvgIpc) is 3.47. The first-order valence-corrected chi connectivity index (χ1v) is 15.6. The predicted molar refractivity (Wildman–Crippen MR) is 203 cm³/mol. The highest BCUT2D eigenvalue weighted by atomic mass is 15.0. The van der Waals surface area contributed by atoms with Crippen molar-refractivity contribution in [3.05, 3.63) is 176 Å². The van der Waals surface area contributed by atoms with Crippen molar-refractivity contribution in [3.63, 3.8) is 0 Å². The SMILES string of the molecule is C=C/C=C(\C=N)c1ccc(-c2ccc3c(ccc4c5ccc(-c6ccc(C(=C)/C=C\C=N)cc6)cc5n(-c5ccccc5)c34)c2)cc1. The molecule has 0 saturated carbocycles. The number of fused-ring (bicyclic) bond motifs is 5. The Bertz CT molecular complexity index is 2380. The van der Waals surface area contributed by atoms with Crippen molar-refractivity contribution in [3.8, 4) is 27.9 Å². The molecule has 2 N–H and O–H groups in total. The molecule has 0 aliphatic heterocycles. The van der Waals surface area contributed by atoms with E-state index in [9.17, 15) is 0 Å². The third-order valence-electron chi connectivity index (χ3n) is 8.75. The van der Waals surface area contributed by atoms with Gasteiger partial charge in [0.15, 0.2) is 0 Å². The molecule has 3 heteroatoms. The Balaban J connectivity index is 1.36. The number of hydrogen-bond donors (Lipinski definition) is 2. The lowest BCUT2D eigenvalue weighted by atomic mass is 9.97. The molecule has 3 nitrogen and oxygen atoms in total. The number of para-hydroxylation sites is 1. The molecule has 1 aromatic heterocycles. The summed E-state index contributed by atoms with van der Waals surface area (Å²) in [7, 11) is 0. The molecule has 0 fully saturated rings. The van der Waals surface area contributed by atoms with Gasteiger partial charge in [0.2, 0.25) is 0 Å². The Morgan fingerprint density at radius 1 is 0.617 bits per heavy atom. The largest absolute Gasteiger partial charge is 0.309 e. The van der Waals surface area contributed by atoms with Crippen LogP contribution in [0.25, 0.3) is 71.7 Å². The van der Waals surface area contributed by atoms with Crippen LogP contribution in [0.3, 0.4) is 0 Å². The molecular formula is C44H33N3. The zero-order valence-electron chi connectivity index (χ0n) is 25.9. The first kappa shape index (κ1) is 29.4. The lowest BCUT2D eigenvalue weighted by molar-refractivity contribution is 1.19. The van der Waals surface area contributed by atoms with Crippen LogP contribution in [0.5, 0.6) is 0 Å². The van der Waals surface area contributed by atoms with Crippen LogP contribution >= 0.6 is 0 Å². The van der Waals surface area contributed by atoms with Gasteiger partial charge in [-0.2, -0.15) is 0 Å². The van der Waals surface area contributed by atoms with Gasteiger partial charge in [0.05, 0.1) is 11.0 Å². The first-order valence-electron chi connectivity index (χ1n) is 15.6. The maximum absolute atomic E-state index is 7.74. The molecule has 0 bridgehead atoms. The molecule has 0 aliphatic carbocycles. The fourth-order valence-corrected chi connectivity index (χ4v) is 6.39. The molecule has 0 amide bonds. The standard InChI is InChI=1S/C44H33N3/c1-3-8-38(29-46)34-18-16-32(17-19-34)35-20-23-40-37(27-35)22-25-42-41-24-21-36(33-14-12-31(13-15-33)30(2)9-7-26-45)28-43(41)47(44(40)42)39-10-5-4-6-11-39/h3-29,45-46H,1-2H2/b9-7-,38-8+,45-26?,46-29?. The average molecular weight is 604 g/mol. The quantitative estimate of drug-likeness (QED) is 0.122. The second-order valence-electron chi connectivity index (χ2n) is 11.5. The number of nitrogens with one attached hydrogen (secondary N) is 2. The van der Waals surface area contributed by atoms with E-state index in [1.54, 1.807) is 12.2 Å². The summed E-state index contributed by atoms with van der Waals surface area (Å²) in [6.45, 7) is 7.91. The number of hydrogen-bond acceptors (Lipinski definition) is 2. The Morgan fingerprint density at radius 3 is 1.89 bits per heavy atom. The molecule has 0 atom stereocenters. The van der Waals surface area contributed by atoms with Gasteiger partial charge < -0.3 is 15.4 Å². The van der Waals surface area contributed by atoms with Gasteiger partial charge in [-0.25, -0.2) is 0 Å². The molecule has 6 aromatic carbocycles. The van der Waals surface area contributed by atoms with Crippen LogP contribution in [0.15, 0.2) is 165 Å². The third-order valence-corrected chi connectivity index (χ3v) is 8.75. The zero-order valence-corrected chi connectivity index (χ0v) is 25.9. The molecule has 7 rings (SSSR count). The highest BCUT2D eigenvalue weighted by Crippen LogP contribution is 2.39. The fourth-order valence-electron chi connectivity index (χ4n) is 6.39. The minimum atomic E-state index is 0.833. The Kier molecular flexibility index (Phi) is 7.87. The van der Waals surface area contributed by atoms with Gasteiger partial charge in [0.1, 0.15) is 0 Å². The second-order valence-corrected chi connectivity index (χ2v) is 11.5. The molecule has 0 unspecified atom stereocenters. The van der Waals surface area contributed by atoms with Gasteiger partial charge in [0, 0.05) is 34.3 Å². The van der Waals surface area contributed by atoms with E-state index in [4.69, 9.17) is 10.8 Å². The summed E-state index contributed by atoms with van der Waals surface area (Å²) in [6, 6.07) is 45.4. The van der Waals surface area contributed by atoms with E-state index >= 15 is 0 Å². The molecule has 1 heterocycles. The van der Waals surface area contributed by atoms with Gasteiger partial charge in [-0.15, -0.1) is 0 Å².